The molecule has 2 aliphatic carbocycles. The van der Waals surface area contributed by atoms with Gasteiger partial charge in [0.1, 0.15) is 5.75 Å². The standard InChI is InChI=1S/C14H18O2/c15-13-6-5-10(9-14(16)7-8-14)11-3-1-2-4-12(11)13/h5-6,15-16H,1-4,7-9H2. The molecule has 0 saturated heterocycles. The van der Waals surface area contributed by atoms with Gasteiger partial charge in [0, 0.05) is 6.42 Å². The summed E-state index contributed by atoms with van der Waals surface area (Å²) in [5.74, 6) is 0.446. The fourth-order valence-corrected chi connectivity index (χ4v) is 2.76. The second-order valence-electron chi connectivity index (χ2n) is 5.31. The molecule has 2 heteroatoms. The summed E-state index contributed by atoms with van der Waals surface area (Å²) in [4.78, 5) is 0. The second kappa shape index (κ2) is 3.49. The van der Waals surface area contributed by atoms with Crippen LogP contribution in [-0.2, 0) is 19.3 Å². The van der Waals surface area contributed by atoms with Crippen molar-refractivity contribution in [3.8, 4) is 5.75 Å². The number of hydrogen-bond donors (Lipinski definition) is 2. The van der Waals surface area contributed by atoms with Crippen molar-refractivity contribution >= 4 is 0 Å². The fourth-order valence-electron chi connectivity index (χ4n) is 2.76. The highest BCUT2D eigenvalue weighted by molar-refractivity contribution is 5.46. The molecule has 1 aromatic carbocycles. The largest absolute Gasteiger partial charge is 0.508 e. The van der Waals surface area contributed by atoms with Gasteiger partial charge in [0.05, 0.1) is 5.60 Å². The van der Waals surface area contributed by atoms with E-state index in [9.17, 15) is 10.2 Å². The van der Waals surface area contributed by atoms with Gasteiger partial charge in [-0.25, -0.2) is 0 Å². The van der Waals surface area contributed by atoms with Gasteiger partial charge in [-0.3, -0.25) is 0 Å². The normalized spacial score (nSPS) is 21.6. The number of benzene rings is 1. The summed E-state index contributed by atoms with van der Waals surface area (Å²) in [6, 6.07) is 3.79. The zero-order chi connectivity index (χ0) is 11.2. The first-order chi connectivity index (χ1) is 7.68. The van der Waals surface area contributed by atoms with Crippen LogP contribution in [0.2, 0.25) is 0 Å². The molecule has 2 N–H and O–H groups in total. The van der Waals surface area contributed by atoms with Crippen molar-refractivity contribution < 1.29 is 10.2 Å². The lowest BCUT2D eigenvalue weighted by atomic mass is 9.85. The molecule has 0 atom stereocenters. The van der Waals surface area contributed by atoms with Crippen LogP contribution in [0.3, 0.4) is 0 Å². The van der Waals surface area contributed by atoms with Gasteiger partial charge in [-0.05, 0) is 61.3 Å². The molecule has 86 valence electrons. The van der Waals surface area contributed by atoms with Crippen LogP contribution in [0.4, 0.5) is 0 Å². The SMILES string of the molecule is Oc1ccc(CC2(O)CC2)c2c1CCCC2. The van der Waals surface area contributed by atoms with Crippen molar-refractivity contribution in [3.05, 3.63) is 28.8 Å². The summed E-state index contributed by atoms with van der Waals surface area (Å²) in [7, 11) is 0. The summed E-state index contributed by atoms with van der Waals surface area (Å²) in [5, 5.41) is 19.8. The van der Waals surface area contributed by atoms with Crippen LogP contribution < -0.4 is 0 Å². The fraction of sp³-hybridized carbons (Fsp3) is 0.571. The van der Waals surface area contributed by atoms with Gasteiger partial charge < -0.3 is 10.2 Å². The Morgan fingerprint density at radius 2 is 1.75 bits per heavy atom. The lowest BCUT2D eigenvalue weighted by Gasteiger charge is -2.21. The predicted molar refractivity (Wildman–Crippen MR) is 62.6 cm³/mol. The molecule has 0 spiro atoms. The summed E-state index contributed by atoms with van der Waals surface area (Å²) >= 11 is 0. The lowest BCUT2D eigenvalue weighted by molar-refractivity contribution is 0.150. The van der Waals surface area contributed by atoms with E-state index in [-0.39, 0.29) is 0 Å². The van der Waals surface area contributed by atoms with E-state index >= 15 is 0 Å². The molecule has 3 rings (SSSR count). The average Bonchev–Trinajstić information content (AvgIpc) is 3.01. The van der Waals surface area contributed by atoms with E-state index in [0.717, 1.165) is 37.7 Å². The number of phenols is 1. The Morgan fingerprint density at radius 1 is 1.06 bits per heavy atom. The number of fused-ring (bicyclic) bond motifs is 1. The molecule has 0 aliphatic heterocycles. The first kappa shape index (κ1) is 10.2. The molecular weight excluding hydrogens is 200 g/mol. The summed E-state index contributed by atoms with van der Waals surface area (Å²) in [6.45, 7) is 0. The monoisotopic (exact) mass is 218 g/mol. The number of aromatic hydroxyl groups is 1. The Balaban J connectivity index is 1.98. The zero-order valence-corrected chi connectivity index (χ0v) is 9.50. The van der Waals surface area contributed by atoms with Gasteiger partial charge in [0.15, 0.2) is 0 Å². The molecule has 0 aromatic heterocycles. The first-order valence-corrected chi connectivity index (χ1v) is 6.23. The minimum Gasteiger partial charge on any atom is -0.508 e. The van der Waals surface area contributed by atoms with Crippen molar-refractivity contribution in [2.75, 3.05) is 0 Å². The highest BCUT2D eigenvalue weighted by atomic mass is 16.3. The third-order valence-electron chi connectivity index (χ3n) is 3.95. The van der Waals surface area contributed by atoms with Gasteiger partial charge >= 0.3 is 0 Å². The van der Waals surface area contributed by atoms with Crippen molar-refractivity contribution in [1.29, 1.82) is 0 Å². The van der Waals surface area contributed by atoms with Crippen LogP contribution >= 0.6 is 0 Å². The third-order valence-corrected chi connectivity index (χ3v) is 3.95. The molecular formula is C14H18O2. The molecule has 0 unspecified atom stereocenters. The van der Waals surface area contributed by atoms with Crippen molar-refractivity contribution in [2.24, 2.45) is 0 Å². The molecule has 1 fully saturated rings. The summed E-state index contributed by atoms with van der Waals surface area (Å²) in [5.41, 5.74) is 3.27. The number of phenolic OH excluding ortho intramolecular Hbond substituents is 1. The van der Waals surface area contributed by atoms with Crippen LogP contribution in [0.15, 0.2) is 12.1 Å². The molecule has 16 heavy (non-hydrogen) atoms. The van der Waals surface area contributed by atoms with Crippen molar-refractivity contribution in [1.82, 2.24) is 0 Å². The maximum atomic E-state index is 9.99. The topological polar surface area (TPSA) is 40.5 Å². The zero-order valence-electron chi connectivity index (χ0n) is 9.50. The molecule has 0 bridgehead atoms. The van der Waals surface area contributed by atoms with Crippen LogP contribution in [0.1, 0.15) is 42.4 Å². The Bertz CT molecular complexity index is 419. The van der Waals surface area contributed by atoms with Crippen molar-refractivity contribution in [3.63, 3.8) is 0 Å². The van der Waals surface area contributed by atoms with Crippen LogP contribution in [-0.4, -0.2) is 15.8 Å². The van der Waals surface area contributed by atoms with Gasteiger partial charge in [0.2, 0.25) is 0 Å². The van der Waals surface area contributed by atoms with Crippen LogP contribution in [0, 0.1) is 0 Å². The molecule has 0 radical (unpaired) electrons. The maximum Gasteiger partial charge on any atom is 0.119 e. The Labute approximate surface area is 95.9 Å². The molecule has 1 aromatic rings. The summed E-state index contributed by atoms with van der Waals surface area (Å²) in [6.07, 6.45) is 7.08. The van der Waals surface area contributed by atoms with E-state index in [0.29, 0.717) is 5.75 Å². The Kier molecular flexibility index (Phi) is 2.21. The Hall–Kier alpha value is -1.02. The smallest absolute Gasteiger partial charge is 0.119 e. The first-order valence-electron chi connectivity index (χ1n) is 6.23. The van der Waals surface area contributed by atoms with E-state index in [1.807, 2.05) is 6.07 Å². The number of hydrogen-bond acceptors (Lipinski definition) is 2. The van der Waals surface area contributed by atoms with Gasteiger partial charge in [-0.2, -0.15) is 0 Å². The minimum atomic E-state index is -0.428. The van der Waals surface area contributed by atoms with E-state index in [1.54, 1.807) is 6.07 Å². The highest BCUT2D eigenvalue weighted by Crippen LogP contribution is 2.41. The third kappa shape index (κ3) is 1.71. The second-order valence-corrected chi connectivity index (χ2v) is 5.31. The molecule has 2 aliphatic rings. The van der Waals surface area contributed by atoms with E-state index in [2.05, 4.69) is 0 Å². The summed E-state index contributed by atoms with van der Waals surface area (Å²) < 4.78 is 0. The average molecular weight is 218 g/mol. The van der Waals surface area contributed by atoms with E-state index < -0.39 is 5.60 Å². The molecule has 2 nitrogen and oxygen atoms in total. The van der Waals surface area contributed by atoms with Crippen molar-refractivity contribution in [2.45, 2.75) is 50.5 Å². The number of rotatable bonds is 2. The molecule has 0 heterocycles. The predicted octanol–water partition coefficient (Wildman–Crippen LogP) is 2.34. The Morgan fingerprint density at radius 3 is 2.44 bits per heavy atom. The van der Waals surface area contributed by atoms with Gasteiger partial charge in [0.25, 0.3) is 0 Å². The van der Waals surface area contributed by atoms with E-state index in [1.165, 1.54) is 24.0 Å². The lowest BCUT2D eigenvalue weighted by Crippen LogP contribution is -2.15. The van der Waals surface area contributed by atoms with Gasteiger partial charge in [-0.1, -0.05) is 6.07 Å². The maximum absolute atomic E-state index is 9.99. The highest BCUT2D eigenvalue weighted by Gasteiger charge is 2.40. The quantitative estimate of drug-likeness (QED) is 0.800. The van der Waals surface area contributed by atoms with E-state index in [4.69, 9.17) is 0 Å². The van der Waals surface area contributed by atoms with Gasteiger partial charge in [-0.15, -0.1) is 0 Å². The molecule has 1 saturated carbocycles. The van der Waals surface area contributed by atoms with Crippen LogP contribution in [0.25, 0.3) is 0 Å². The van der Waals surface area contributed by atoms with Crippen LogP contribution in [0.5, 0.6) is 5.75 Å². The minimum absolute atomic E-state index is 0.428. The number of aliphatic hydroxyl groups is 1. The molecule has 0 amide bonds.